The van der Waals surface area contributed by atoms with Gasteiger partial charge in [0, 0.05) is 12.0 Å². The van der Waals surface area contributed by atoms with Crippen LogP contribution in [0.1, 0.15) is 37.8 Å². The van der Waals surface area contributed by atoms with Crippen LogP contribution in [0, 0.1) is 6.92 Å². The number of hydrogen-bond donors (Lipinski definition) is 0. The van der Waals surface area contributed by atoms with E-state index in [0.29, 0.717) is 19.4 Å². The quantitative estimate of drug-likeness (QED) is 0.718. The molecule has 1 aromatic carbocycles. The zero-order valence-corrected chi connectivity index (χ0v) is 13.5. The second-order valence-corrected chi connectivity index (χ2v) is 4.75. The van der Waals surface area contributed by atoms with Crippen LogP contribution in [0.5, 0.6) is 11.5 Å². The lowest BCUT2D eigenvalue weighted by Crippen LogP contribution is -2.02. The molecular formula is C17H24O4. The number of rotatable bonds is 7. The Morgan fingerprint density at radius 2 is 1.86 bits per heavy atom. The maximum absolute atomic E-state index is 11.3. The van der Waals surface area contributed by atoms with Crippen LogP contribution in [-0.2, 0) is 9.53 Å². The zero-order valence-electron chi connectivity index (χ0n) is 13.5. The van der Waals surface area contributed by atoms with Gasteiger partial charge >= 0.3 is 5.97 Å². The molecule has 0 aliphatic rings. The van der Waals surface area contributed by atoms with Gasteiger partial charge in [0.05, 0.1) is 20.8 Å². The lowest BCUT2D eigenvalue weighted by molar-refractivity contribution is -0.142. The molecule has 1 aromatic rings. The maximum atomic E-state index is 11.3. The monoisotopic (exact) mass is 292 g/mol. The van der Waals surface area contributed by atoms with Crippen LogP contribution in [0.15, 0.2) is 18.2 Å². The van der Waals surface area contributed by atoms with Crippen LogP contribution in [0.2, 0.25) is 0 Å². The summed E-state index contributed by atoms with van der Waals surface area (Å²) in [7, 11) is 3.30. The number of esters is 1. The van der Waals surface area contributed by atoms with Crippen LogP contribution < -0.4 is 9.47 Å². The van der Waals surface area contributed by atoms with E-state index in [1.807, 2.05) is 39.0 Å². The van der Waals surface area contributed by atoms with E-state index >= 15 is 0 Å². The highest BCUT2D eigenvalue weighted by Gasteiger charge is 2.10. The van der Waals surface area contributed by atoms with Gasteiger partial charge in [0.1, 0.15) is 11.5 Å². The highest BCUT2D eigenvalue weighted by atomic mass is 16.5. The molecule has 4 nitrogen and oxygen atoms in total. The van der Waals surface area contributed by atoms with E-state index < -0.39 is 0 Å². The summed E-state index contributed by atoms with van der Waals surface area (Å²) in [6.45, 7) is 6.20. The molecule has 0 aliphatic carbocycles. The first-order valence-corrected chi connectivity index (χ1v) is 7.08. The Balaban J connectivity index is 2.90. The molecule has 0 fully saturated rings. The summed E-state index contributed by atoms with van der Waals surface area (Å²) < 4.78 is 15.7. The molecular weight excluding hydrogens is 268 g/mol. The lowest BCUT2D eigenvalue weighted by atomic mass is 10.0. The van der Waals surface area contributed by atoms with Crippen molar-refractivity contribution in [2.45, 2.75) is 33.6 Å². The SMILES string of the molecule is CCOC(=O)CC/C=C(/C)c1cc(OC)c(C)cc1OC. The molecule has 0 bridgehead atoms. The molecule has 0 unspecified atom stereocenters. The lowest BCUT2D eigenvalue weighted by Gasteiger charge is -2.13. The van der Waals surface area contributed by atoms with Crippen molar-refractivity contribution in [3.8, 4) is 11.5 Å². The summed E-state index contributed by atoms with van der Waals surface area (Å²) >= 11 is 0. The zero-order chi connectivity index (χ0) is 15.8. The van der Waals surface area contributed by atoms with Gasteiger partial charge in [-0.15, -0.1) is 0 Å². The summed E-state index contributed by atoms with van der Waals surface area (Å²) in [5, 5.41) is 0. The minimum Gasteiger partial charge on any atom is -0.496 e. The minimum absolute atomic E-state index is 0.171. The van der Waals surface area contributed by atoms with Gasteiger partial charge in [-0.2, -0.15) is 0 Å². The van der Waals surface area contributed by atoms with Crippen molar-refractivity contribution >= 4 is 11.5 Å². The molecule has 1 rings (SSSR count). The molecule has 21 heavy (non-hydrogen) atoms. The van der Waals surface area contributed by atoms with Gasteiger partial charge in [0.2, 0.25) is 0 Å². The molecule has 0 N–H and O–H groups in total. The fraction of sp³-hybridized carbons (Fsp3) is 0.471. The van der Waals surface area contributed by atoms with Gasteiger partial charge in [0.25, 0.3) is 0 Å². The third-order valence-electron chi connectivity index (χ3n) is 3.25. The summed E-state index contributed by atoms with van der Waals surface area (Å²) in [5.74, 6) is 1.46. The van der Waals surface area contributed by atoms with Gasteiger partial charge in [0.15, 0.2) is 0 Å². The first-order chi connectivity index (χ1) is 10.0. The number of methoxy groups -OCH3 is 2. The van der Waals surface area contributed by atoms with Crippen LogP contribution >= 0.6 is 0 Å². The van der Waals surface area contributed by atoms with Crippen LogP contribution in [0.4, 0.5) is 0 Å². The van der Waals surface area contributed by atoms with E-state index in [1.165, 1.54) is 0 Å². The van der Waals surface area contributed by atoms with Crippen molar-refractivity contribution in [1.29, 1.82) is 0 Å². The van der Waals surface area contributed by atoms with Gasteiger partial charge in [-0.25, -0.2) is 0 Å². The van der Waals surface area contributed by atoms with E-state index in [4.69, 9.17) is 14.2 Å². The van der Waals surface area contributed by atoms with Crippen molar-refractivity contribution in [2.75, 3.05) is 20.8 Å². The number of carbonyl (C=O) groups is 1. The summed E-state index contributed by atoms with van der Waals surface area (Å²) in [5.41, 5.74) is 3.05. The maximum Gasteiger partial charge on any atom is 0.306 e. The molecule has 0 spiro atoms. The third-order valence-corrected chi connectivity index (χ3v) is 3.25. The number of benzene rings is 1. The molecule has 0 saturated heterocycles. The molecule has 116 valence electrons. The van der Waals surface area contributed by atoms with E-state index in [1.54, 1.807) is 14.2 Å². The number of carbonyl (C=O) groups excluding carboxylic acids is 1. The van der Waals surface area contributed by atoms with Gasteiger partial charge < -0.3 is 14.2 Å². The highest BCUT2D eigenvalue weighted by molar-refractivity contribution is 5.73. The summed E-state index contributed by atoms with van der Waals surface area (Å²) in [6.07, 6.45) is 3.05. The smallest absolute Gasteiger partial charge is 0.306 e. The topological polar surface area (TPSA) is 44.8 Å². The van der Waals surface area contributed by atoms with Crippen LogP contribution in [0.3, 0.4) is 0 Å². The fourth-order valence-electron chi connectivity index (χ4n) is 2.11. The van der Waals surface area contributed by atoms with E-state index in [0.717, 1.165) is 28.2 Å². The van der Waals surface area contributed by atoms with E-state index in [9.17, 15) is 4.79 Å². The highest BCUT2D eigenvalue weighted by Crippen LogP contribution is 2.33. The van der Waals surface area contributed by atoms with Crippen molar-refractivity contribution in [1.82, 2.24) is 0 Å². The van der Waals surface area contributed by atoms with Crippen molar-refractivity contribution in [3.63, 3.8) is 0 Å². The largest absolute Gasteiger partial charge is 0.496 e. The van der Waals surface area contributed by atoms with Crippen LogP contribution in [-0.4, -0.2) is 26.8 Å². The van der Waals surface area contributed by atoms with Crippen molar-refractivity contribution < 1.29 is 19.0 Å². The van der Waals surface area contributed by atoms with Crippen LogP contribution in [0.25, 0.3) is 5.57 Å². The fourth-order valence-corrected chi connectivity index (χ4v) is 2.11. The molecule has 4 heteroatoms. The van der Waals surface area contributed by atoms with Crippen molar-refractivity contribution in [3.05, 3.63) is 29.3 Å². The Kier molecular flexibility index (Phi) is 6.79. The minimum atomic E-state index is -0.171. The molecule has 0 atom stereocenters. The van der Waals surface area contributed by atoms with Gasteiger partial charge in [-0.05, 0) is 50.5 Å². The second kappa shape index (κ2) is 8.35. The van der Waals surface area contributed by atoms with Gasteiger partial charge in [-0.1, -0.05) is 6.08 Å². The summed E-state index contributed by atoms with van der Waals surface area (Å²) in [4.78, 5) is 11.3. The molecule has 0 aromatic heterocycles. The number of aryl methyl sites for hydroxylation is 1. The predicted octanol–water partition coefficient (Wildman–Crippen LogP) is 3.76. The normalized spacial score (nSPS) is 11.2. The average Bonchev–Trinajstić information content (AvgIpc) is 2.46. The number of ether oxygens (including phenoxy) is 3. The number of allylic oxidation sites excluding steroid dienone is 2. The molecule has 0 radical (unpaired) electrons. The Morgan fingerprint density at radius 1 is 1.19 bits per heavy atom. The predicted molar refractivity (Wildman–Crippen MR) is 83.8 cm³/mol. The van der Waals surface area contributed by atoms with E-state index in [2.05, 4.69) is 0 Å². The van der Waals surface area contributed by atoms with E-state index in [-0.39, 0.29) is 5.97 Å². The summed E-state index contributed by atoms with van der Waals surface area (Å²) in [6, 6.07) is 3.92. The second-order valence-electron chi connectivity index (χ2n) is 4.75. The third kappa shape index (κ3) is 4.81. The molecule has 0 saturated carbocycles. The first kappa shape index (κ1) is 17.1. The first-order valence-electron chi connectivity index (χ1n) is 7.08. The average molecular weight is 292 g/mol. The van der Waals surface area contributed by atoms with Gasteiger partial charge in [-0.3, -0.25) is 4.79 Å². The van der Waals surface area contributed by atoms with Crippen molar-refractivity contribution in [2.24, 2.45) is 0 Å². The Bertz CT molecular complexity index is 518. The Hall–Kier alpha value is -1.97. The Labute approximate surface area is 126 Å². The molecule has 0 aliphatic heterocycles. The standard InChI is InChI=1S/C17H24O4/c1-6-21-17(18)9-7-8-12(2)14-11-15(19-4)13(3)10-16(14)20-5/h8,10-11H,6-7,9H2,1-5H3/b12-8-. The molecule has 0 heterocycles. The number of hydrogen-bond acceptors (Lipinski definition) is 4. The Morgan fingerprint density at radius 3 is 2.43 bits per heavy atom. The molecule has 0 amide bonds.